The number of nitrogens with zero attached hydrogens (tertiary/aromatic N) is 3. The summed E-state index contributed by atoms with van der Waals surface area (Å²) >= 11 is 0. The number of aromatic nitrogens is 1. The smallest absolute Gasteiger partial charge is 0.147 e. The van der Waals surface area contributed by atoms with Crippen LogP contribution in [0.3, 0.4) is 0 Å². The Balaban J connectivity index is 2.21. The van der Waals surface area contributed by atoms with Crippen molar-refractivity contribution in [3.05, 3.63) is 34.9 Å². The Labute approximate surface area is 118 Å². The van der Waals surface area contributed by atoms with Crippen molar-refractivity contribution in [2.45, 2.75) is 13.8 Å². The van der Waals surface area contributed by atoms with Crippen LogP contribution in [0.2, 0.25) is 0 Å². The molecule has 0 N–H and O–H groups in total. The van der Waals surface area contributed by atoms with E-state index in [1.165, 1.54) is 0 Å². The summed E-state index contributed by atoms with van der Waals surface area (Å²) in [5.74, 6) is 0.789. The highest BCUT2D eigenvalue weighted by molar-refractivity contribution is 5.88. The van der Waals surface area contributed by atoms with Gasteiger partial charge in [-0.1, -0.05) is 12.1 Å². The fourth-order valence-corrected chi connectivity index (χ4v) is 2.62. The van der Waals surface area contributed by atoms with E-state index in [0.29, 0.717) is 18.8 Å². The molecule has 1 fully saturated rings. The quantitative estimate of drug-likeness (QED) is 0.796. The highest BCUT2D eigenvalue weighted by atomic mass is 16.5. The molecule has 1 aromatic carbocycles. The lowest BCUT2D eigenvalue weighted by Crippen LogP contribution is -2.37. The van der Waals surface area contributed by atoms with Gasteiger partial charge < -0.3 is 9.64 Å². The summed E-state index contributed by atoms with van der Waals surface area (Å²) in [5.41, 5.74) is 3.94. The van der Waals surface area contributed by atoms with Crippen molar-refractivity contribution in [2.75, 3.05) is 31.2 Å². The number of nitriles is 1. The summed E-state index contributed by atoms with van der Waals surface area (Å²) in [6.45, 7) is 7.08. The first-order chi connectivity index (χ1) is 9.70. The Kier molecular flexibility index (Phi) is 3.29. The molecular formula is C16H17N3O. The van der Waals surface area contributed by atoms with Gasteiger partial charge in [0, 0.05) is 18.5 Å². The van der Waals surface area contributed by atoms with Crippen molar-refractivity contribution in [1.29, 1.82) is 5.26 Å². The van der Waals surface area contributed by atoms with Gasteiger partial charge in [0.25, 0.3) is 0 Å². The zero-order valence-corrected chi connectivity index (χ0v) is 11.8. The lowest BCUT2D eigenvalue weighted by molar-refractivity contribution is 0.122. The summed E-state index contributed by atoms with van der Waals surface area (Å²) in [5, 5.41) is 10.5. The summed E-state index contributed by atoms with van der Waals surface area (Å²) in [6.07, 6.45) is 0. The minimum Gasteiger partial charge on any atom is -0.378 e. The lowest BCUT2D eigenvalue weighted by Gasteiger charge is -2.28. The molecule has 1 aliphatic rings. The predicted octanol–water partition coefficient (Wildman–Crippen LogP) is 2.56. The van der Waals surface area contributed by atoms with Crippen molar-refractivity contribution >= 4 is 16.7 Å². The molecule has 0 amide bonds. The maximum Gasteiger partial charge on any atom is 0.147 e. The molecule has 102 valence electrons. The van der Waals surface area contributed by atoms with E-state index in [9.17, 15) is 5.26 Å². The normalized spacial score (nSPS) is 15.3. The minimum absolute atomic E-state index is 0.646. The molecule has 0 unspecified atom stereocenters. The first-order valence-electron chi connectivity index (χ1n) is 6.84. The van der Waals surface area contributed by atoms with Crippen molar-refractivity contribution in [1.82, 2.24) is 4.98 Å². The van der Waals surface area contributed by atoms with Gasteiger partial charge >= 0.3 is 0 Å². The molecule has 20 heavy (non-hydrogen) atoms. The predicted molar refractivity (Wildman–Crippen MR) is 79.0 cm³/mol. The van der Waals surface area contributed by atoms with Crippen LogP contribution in [0.15, 0.2) is 18.2 Å². The maximum absolute atomic E-state index is 9.42. The molecule has 1 aliphatic heterocycles. The molecule has 0 aliphatic carbocycles. The molecule has 3 rings (SSSR count). The largest absolute Gasteiger partial charge is 0.378 e. The molecule has 4 nitrogen and oxygen atoms in total. The van der Waals surface area contributed by atoms with E-state index in [0.717, 1.165) is 40.9 Å². The fraction of sp³-hybridized carbons (Fsp3) is 0.375. The van der Waals surface area contributed by atoms with Gasteiger partial charge in [-0.3, -0.25) is 0 Å². The average molecular weight is 267 g/mol. The van der Waals surface area contributed by atoms with Gasteiger partial charge in [0.2, 0.25) is 0 Å². The van der Waals surface area contributed by atoms with Crippen LogP contribution in [0.1, 0.15) is 16.7 Å². The number of ether oxygens (including phenoxy) is 1. The first-order valence-corrected chi connectivity index (χ1v) is 6.84. The Morgan fingerprint density at radius 1 is 1.20 bits per heavy atom. The van der Waals surface area contributed by atoms with Gasteiger partial charge in [0.1, 0.15) is 11.9 Å². The molecular weight excluding hydrogens is 250 g/mol. The second-order valence-corrected chi connectivity index (χ2v) is 5.17. The third-order valence-electron chi connectivity index (χ3n) is 3.82. The van der Waals surface area contributed by atoms with Crippen molar-refractivity contribution in [3.63, 3.8) is 0 Å². The van der Waals surface area contributed by atoms with Crippen molar-refractivity contribution < 1.29 is 4.74 Å². The first kappa shape index (κ1) is 12.9. The van der Waals surface area contributed by atoms with E-state index in [1.807, 2.05) is 6.07 Å². The third-order valence-corrected chi connectivity index (χ3v) is 3.82. The molecule has 0 atom stereocenters. The molecule has 0 spiro atoms. The number of hydrogen-bond donors (Lipinski definition) is 0. The number of anilines is 1. The van der Waals surface area contributed by atoms with E-state index >= 15 is 0 Å². The Hall–Kier alpha value is -2.12. The van der Waals surface area contributed by atoms with Crippen LogP contribution in [0.5, 0.6) is 0 Å². The second kappa shape index (κ2) is 5.10. The highest BCUT2D eigenvalue weighted by Crippen LogP contribution is 2.27. The van der Waals surface area contributed by atoms with E-state index in [-0.39, 0.29) is 0 Å². The van der Waals surface area contributed by atoms with E-state index in [4.69, 9.17) is 9.72 Å². The van der Waals surface area contributed by atoms with E-state index in [2.05, 4.69) is 36.9 Å². The van der Waals surface area contributed by atoms with Crippen LogP contribution in [0.4, 0.5) is 5.82 Å². The number of fused-ring (bicyclic) bond motifs is 1. The number of rotatable bonds is 1. The molecule has 0 saturated carbocycles. The third kappa shape index (κ3) is 2.10. The summed E-state index contributed by atoms with van der Waals surface area (Å²) in [7, 11) is 0. The monoisotopic (exact) mass is 267 g/mol. The van der Waals surface area contributed by atoms with Gasteiger partial charge in [0.05, 0.1) is 24.3 Å². The highest BCUT2D eigenvalue weighted by Gasteiger charge is 2.18. The summed E-state index contributed by atoms with van der Waals surface area (Å²) in [6, 6.07) is 8.42. The van der Waals surface area contributed by atoms with Gasteiger partial charge in [-0.25, -0.2) is 4.98 Å². The topological polar surface area (TPSA) is 49.2 Å². The molecule has 1 saturated heterocycles. The van der Waals surface area contributed by atoms with E-state index in [1.54, 1.807) is 0 Å². The zero-order valence-electron chi connectivity index (χ0n) is 11.8. The SMILES string of the molecule is Cc1ccc(C)c2nc(N3CCOCC3)c(C#N)cc12. The Morgan fingerprint density at radius 2 is 1.90 bits per heavy atom. The fourth-order valence-electron chi connectivity index (χ4n) is 2.62. The number of benzene rings is 1. The van der Waals surface area contributed by atoms with Crippen LogP contribution in [-0.2, 0) is 4.74 Å². The van der Waals surface area contributed by atoms with Crippen LogP contribution in [0, 0.1) is 25.2 Å². The van der Waals surface area contributed by atoms with Gasteiger partial charge in [-0.15, -0.1) is 0 Å². The molecule has 0 radical (unpaired) electrons. The number of hydrogen-bond acceptors (Lipinski definition) is 4. The molecule has 4 heteroatoms. The molecule has 2 aromatic rings. The molecule has 0 bridgehead atoms. The van der Waals surface area contributed by atoms with Gasteiger partial charge in [0.15, 0.2) is 0 Å². The van der Waals surface area contributed by atoms with Crippen molar-refractivity contribution in [2.24, 2.45) is 0 Å². The summed E-state index contributed by atoms with van der Waals surface area (Å²) in [4.78, 5) is 6.92. The van der Waals surface area contributed by atoms with Crippen LogP contribution >= 0.6 is 0 Å². The standard InChI is InChI=1S/C16H17N3O/c1-11-3-4-12(2)15-14(11)9-13(10-17)16(18-15)19-5-7-20-8-6-19/h3-4,9H,5-8H2,1-2H3. The molecule has 2 heterocycles. The summed E-state index contributed by atoms with van der Waals surface area (Å²) < 4.78 is 5.37. The Bertz CT molecular complexity index is 697. The van der Waals surface area contributed by atoms with Crippen LogP contribution in [0.25, 0.3) is 10.9 Å². The van der Waals surface area contributed by atoms with Crippen molar-refractivity contribution in [3.8, 4) is 6.07 Å². The average Bonchev–Trinajstić information content (AvgIpc) is 2.51. The van der Waals surface area contributed by atoms with E-state index < -0.39 is 0 Å². The van der Waals surface area contributed by atoms with Gasteiger partial charge in [-0.05, 0) is 31.0 Å². The van der Waals surface area contributed by atoms with Crippen LogP contribution < -0.4 is 4.90 Å². The van der Waals surface area contributed by atoms with Gasteiger partial charge in [-0.2, -0.15) is 5.26 Å². The Morgan fingerprint density at radius 3 is 2.60 bits per heavy atom. The maximum atomic E-state index is 9.42. The number of aryl methyl sites for hydroxylation is 2. The number of pyridine rings is 1. The minimum atomic E-state index is 0.646. The molecule has 1 aromatic heterocycles. The second-order valence-electron chi connectivity index (χ2n) is 5.17. The van der Waals surface area contributed by atoms with Crippen LogP contribution in [-0.4, -0.2) is 31.3 Å². The lowest BCUT2D eigenvalue weighted by atomic mass is 10.0. The zero-order chi connectivity index (χ0) is 14.1. The number of morpholine rings is 1.